The van der Waals surface area contributed by atoms with Crippen LogP contribution in [0.15, 0.2) is 85.1 Å². The van der Waals surface area contributed by atoms with Crippen LogP contribution in [0.2, 0.25) is 0 Å². The SMILES string of the molecule is Cc1cc(C(=O)Nc2ccccc2-c2nc3cccnc3s2)nc(-c2ccccc2)c1. The van der Waals surface area contributed by atoms with E-state index in [1.165, 1.54) is 11.3 Å². The van der Waals surface area contributed by atoms with Crippen molar-refractivity contribution in [3.8, 4) is 21.8 Å². The number of aromatic nitrogens is 3. The Morgan fingerprint density at radius 2 is 1.71 bits per heavy atom. The number of anilines is 1. The van der Waals surface area contributed by atoms with Crippen molar-refractivity contribution in [1.82, 2.24) is 15.0 Å². The lowest BCUT2D eigenvalue weighted by atomic mass is 10.1. The summed E-state index contributed by atoms with van der Waals surface area (Å²) in [6, 6.07) is 25.1. The first-order valence-electron chi connectivity index (χ1n) is 9.84. The van der Waals surface area contributed by atoms with Crippen LogP contribution in [0.25, 0.3) is 32.2 Å². The van der Waals surface area contributed by atoms with Gasteiger partial charge < -0.3 is 5.32 Å². The van der Waals surface area contributed by atoms with Crippen molar-refractivity contribution in [3.63, 3.8) is 0 Å². The number of hydrogen-bond acceptors (Lipinski definition) is 5. The molecule has 0 aliphatic carbocycles. The van der Waals surface area contributed by atoms with E-state index in [0.717, 1.165) is 37.7 Å². The molecule has 0 aliphatic heterocycles. The first-order valence-corrected chi connectivity index (χ1v) is 10.7. The van der Waals surface area contributed by atoms with Crippen molar-refractivity contribution in [2.45, 2.75) is 6.92 Å². The Hall–Kier alpha value is -3.90. The Bertz CT molecular complexity index is 1360. The van der Waals surface area contributed by atoms with Crippen LogP contribution in [0.4, 0.5) is 5.69 Å². The van der Waals surface area contributed by atoms with Gasteiger partial charge in [0.2, 0.25) is 0 Å². The largest absolute Gasteiger partial charge is 0.320 e. The molecular formula is C25H18N4OS. The number of thiazole rings is 1. The van der Waals surface area contributed by atoms with E-state index in [1.54, 1.807) is 12.3 Å². The summed E-state index contributed by atoms with van der Waals surface area (Å²) in [7, 11) is 0. The number of nitrogens with zero attached hydrogens (tertiary/aromatic N) is 3. The summed E-state index contributed by atoms with van der Waals surface area (Å²) >= 11 is 1.50. The zero-order valence-corrected chi connectivity index (χ0v) is 17.6. The van der Waals surface area contributed by atoms with Crippen LogP contribution in [0, 0.1) is 6.92 Å². The molecule has 0 unspecified atom stereocenters. The number of rotatable bonds is 4. The molecule has 2 aromatic carbocycles. The normalized spacial score (nSPS) is 10.9. The summed E-state index contributed by atoms with van der Waals surface area (Å²) in [5.74, 6) is -0.257. The fourth-order valence-electron chi connectivity index (χ4n) is 3.39. The van der Waals surface area contributed by atoms with Gasteiger partial charge in [-0.25, -0.2) is 15.0 Å². The van der Waals surface area contributed by atoms with Crippen molar-refractivity contribution in [2.75, 3.05) is 5.32 Å². The smallest absolute Gasteiger partial charge is 0.274 e. The Balaban J connectivity index is 1.49. The maximum atomic E-state index is 13.1. The highest BCUT2D eigenvalue weighted by atomic mass is 32.1. The van der Waals surface area contributed by atoms with Crippen LogP contribution >= 0.6 is 11.3 Å². The van der Waals surface area contributed by atoms with Gasteiger partial charge in [0.15, 0.2) is 0 Å². The number of nitrogens with one attached hydrogen (secondary N) is 1. The number of aryl methyl sites for hydroxylation is 1. The monoisotopic (exact) mass is 422 g/mol. The molecule has 3 aromatic heterocycles. The fourth-order valence-corrected chi connectivity index (χ4v) is 4.34. The number of carbonyl (C=O) groups excluding carboxylic acids is 1. The predicted octanol–water partition coefficient (Wildman–Crippen LogP) is 5.98. The Morgan fingerprint density at radius 3 is 2.55 bits per heavy atom. The molecule has 31 heavy (non-hydrogen) atoms. The minimum absolute atomic E-state index is 0.257. The molecule has 0 fully saturated rings. The van der Waals surface area contributed by atoms with Crippen LogP contribution in [0.3, 0.4) is 0 Å². The maximum Gasteiger partial charge on any atom is 0.274 e. The molecule has 150 valence electrons. The second kappa shape index (κ2) is 8.08. The molecule has 6 heteroatoms. The molecule has 5 rings (SSSR count). The van der Waals surface area contributed by atoms with Gasteiger partial charge in [0.1, 0.15) is 21.0 Å². The van der Waals surface area contributed by atoms with E-state index in [-0.39, 0.29) is 5.91 Å². The van der Waals surface area contributed by atoms with E-state index < -0.39 is 0 Å². The summed E-state index contributed by atoms with van der Waals surface area (Å²) in [5.41, 5.74) is 5.49. The van der Waals surface area contributed by atoms with Crippen molar-refractivity contribution < 1.29 is 4.79 Å². The summed E-state index contributed by atoms with van der Waals surface area (Å²) in [6.45, 7) is 1.97. The third kappa shape index (κ3) is 3.93. The van der Waals surface area contributed by atoms with Crippen LogP contribution in [-0.4, -0.2) is 20.9 Å². The van der Waals surface area contributed by atoms with E-state index in [2.05, 4.69) is 20.3 Å². The number of fused-ring (bicyclic) bond motifs is 1. The minimum Gasteiger partial charge on any atom is -0.320 e. The lowest BCUT2D eigenvalue weighted by Crippen LogP contribution is -2.15. The Morgan fingerprint density at radius 1 is 0.903 bits per heavy atom. The molecule has 0 bridgehead atoms. The van der Waals surface area contributed by atoms with Crippen LogP contribution in [0.1, 0.15) is 16.1 Å². The average Bonchev–Trinajstić information content (AvgIpc) is 3.24. The molecule has 0 aliphatic rings. The highest BCUT2D eigenvalue weighted by molar-refractivity contribution is 7.21. The highest BCUT2D eigenvalue weighted by Crippen LogP contribution is 2.33. The number of carbonyl (C=O) groups is 1. The zero-order chi connectivity index (χ0) is 21.2. The van der Waals surface area contributed by atoms with Gasteiger partial charge in [0.05, 0.1) is 11.4 Å². The third-order valence-electron chi connectivity index (χ3n) is 4.84. The van der Waals surface area contributed by atoms with E-state index in [4.69, 9.17) is 0 Å². The summed E-state index contributed by atoms with van der Waals surface area (Å²) < 4.78 is 0. The van der Waals surface area contributed by atoms with Gasteiger partial charge in [0.25, 0.3) is 5.91 Å². The van der Waals surface area contributed by atoms with E-state index in [0.29, 0.717) is 11.4 Å². The summed E-state index contributed by atoms with van der Waals surface area (Å²) in [5, 5.41) is 3.83. The summed E-state index contributed by atoms with van der Waals surface area (Å²) in [6.07, 6.45) is 1.76. The lowest BCUT2D eigenvalue weighted by molar-refractivity contribution is 0.102. The highest BCUT2D eigenvalue weighted by Gasteiger charge is 2.15. The minimum atomic E-state index is -0.257. The number of amides is 1. The third-order valence-corrected chi connectivity index (χ3v) is 5.86. The van der Waals surface area contributed by atoms with Gasteiger partial charge in [-0.1, -0.05) is 53.8 Å². The van der Waals surface area contributed by atoms with Gasteiger partial charge >= 0.3 is 0 Å². The van der Waals surface area contributed by atoms with Gasteiger partial charge in [-0.2, -0.15) is 0 Å². The second-order valence-electron chi connectivity index (χ2n) is 7.13. The van der Waals surface area contributed by atoms with E-state index in [9.17, 15) is 4.79 Å². The van der Waals surface area contributed by atoms with E-state index in [1.807, 2.05) is 79.7 Å². The van der Waals surface area contributed by atoms with Gasteiger partial charge in [-0.05, 0) is 48.9 Å². The molecule has 0 saturated heterocycles. The number of benzene rings is 2. The average molecular weight is 423 g/mol. The lowest BCUT2D eigenvalue weighted by Gasteiger charge is -2.11. The zero-order valence-electron chi connectivity index (χ0n) is 16.7. The molecule has 5 nitrogen and oxygen atoms in total. The first-order chi connectivity index (χ1) is 15.2. The number of pyridine rings is 2. The number of para-hydroxylation sites is 1. The standard InChI is InChI=1S/C25H18N4OS/c1-16-14-21(17-8-3-2-4-9-17)27-22(15-16)23(30)28-19-11-6-5-10-18(19)24-29-20-12-7-13-26-25(20)31-24/h2-15H,1H3,(H,28,30). The molecule has 3 heterocycles. The summed E-state index contributed by atoms with van der Waals surface area (Å²) in [4.78, 5) is 27.6. The van der Waals surface area contributed by atoms with Crippen molar-refractivity contribution >= 4 is 33.3 Å². The molecule has 1 amide bonds. The molecule has 0 atom stereocenters. The molecule has 1 N–H and O–H groups in total. The molecule has 0 spiro atoms. The topological polar surface area (TPSA) is 67.8 Å². The van der Waals surface area contributed by atoms with Crippen LogP contribution in [-0.2, 0) is 0 Å². The first kappa shape index (κ1) is 19.1. The van der Waals surface area contributed by atoms with Crippen LogP contribution in [0.5, 0.6) is 0 Å². The number of hydrogen-bond donors (Lipinski definition) is 1. The predicted molar refractivity (Wildman–Crippen MR) is 125 cm³/mol. The maximum absolute atomic E-state index is 13.1. The molecule has 5 aromatic rings. The Kier molecular flexibility index (Phi) is 4.98. The van der Waals surface area contributed by atoms with Crippen molar-refractivity contribution in [3.05, 3.63) is 96.3 Å². The molecule has 0 saturated carbocycles. The van der Waals surface area contributed by atoms with Crippen molar-refractivity contribution in [2.24, 2.45) is 0 Å². The fraction of sp³-hybridized carbons (Fsp3) is 0.0400. The van der Waals surface area contributed by atoms with Crippen LogP contribution < -0.4 is 5.32 Å². The second-order valence-corrected chi connectivity index (χ2v) is 8.10. The van der Waals surface area contributed by atoms with Gasteiger partial charge in [-0.15, -0.1) is 0 Å². The van der Waals surface area contributed by atoms with E-state index >= 15 is 0 Å². The Labute approximate surface area is 183 Å². The van der Waals surface area contributed by atoms with Gasteiger partial charge in [-0.3, -0.25) is 4.79 Å². The quantitative estimate of drug-likeness (QED) is 0.387. The van der Waals surface area contributed by atoms with Gasteiger partial charge in [0, 0.05) is 17.3 Å². The van der Waals surface area contributed by atoms with Crippen molar-refractivity contribution in [1.29, 1.82) is 0 Å². The molecule has 0 radical (unpaired) electrons. The molecular weight excluding hydrogens is 404 g/mol.